The summed E-state index contributed by atoms with van der Waals surface area (Å²) >= 11 is 0. The second-order valence-corrected chi connectivity index (χ2v) is 4.50. The van der Waals surface area contributed by atoms with Crippen LogP contribution >= 0.6 is 0 Å². The van der Waals surface area contributed by atoms with Gasteiger partial charge in [0.05, 0.1) is 11.7 Å². The van der Waals surface area contributed by atoms with Crippen molar-refractivity contribution in [3.05, 3.63) is 36.2 Å². The SMILES string of the molecule is CCNC(c1cnn2ccccc12)C1CC1. The van der Waals surface area contributed by atoms with Gasteiger partial charge in [-0.15, -0.1) is 0 Å². The summed E-state index contributed by atoms with van der Waals surface area (Å²) in [7, 11) is 0. The van der Waals surface area contributed by atoms with Crippen molar-refractivity contribution in [2.24, 2.45) is 5.92 Å². The average Bonchev–Trinajstić information content (AvgIpc) is 3.06. The number of fused-ring (bicyclic) bond motifs is 1. The standard InChI is InChI=1S/C13H17N3/c1-2-14-13(10-6-7-10)11-9-15-16-8-4-3-5-12(11)16/h3-5,8-10,13-14H,2,6-7H2,1H3. The van der Waals surface area contributed by atoms with E-state index in [4.69, 9.17) is 0 Å². The van der Waals surface area contributed by atoms with Crippen LogP contribution in [0.5, 0.6) is 0 Å². The molecule has 84 valence electrons. The van der Waals surface area contributed by atoms with Crippen LogP contribution in [0, 0.1) is 5.92 Å². The lowest BCUT2D eigenvalue weighted by Gasteiger charge is -2.15. The number of nitrogens with one attached hydrogen (secondary N) is 1. The van der Waals surface area contributed by atoms with Crippen LogP contribution in [0.4, 0.5) is 0 Å². The Hall–Kier alpha value is -1.35. The van der Waals surface area contributed by atoms with E-state index >= 15 is 0 Å². The smallest absolute Gasteiger partial charge is 0.0709 e. The van der Waals surface area contributed by atoms with Gasteiger partial charge in [-0.1, -0.05) is 13.0 Å². The Morgan fingerprint density at radius 3 is 3.12 bits per heavy atom. The second kappa shape index (κ2) is 3.91. The van der Waals surface area contributed by atoms with E-state index in [0.29, 0.717) is 6.04 Å². The van der Waals surface area contributed by atoms with E-state index < -0.39 is 0 Å². The summed E-state index contributed by atoms with van der Waals surface area (Å²) in [5.41, 5.74) is 2.59. The fourth-order valence-corrected chi connectivity index (χ4v) is 2.37. The molecule has 2 heterocycles. The lowest BCUT2D eigenvalue weighted by molar-refractivity contribution is 0.499. The van der Waals surface area contributed by atoms with Crippen molar-refractivity contribution >= 4 is 5.52 Å². The first kappa shape index (κ1) is 9.85. The van der Waals surface area contributed by atoms with Gasteiger partial charge in [-0.25, -0.2) is 4.52 Å². The first-order valence-electron chi connectivity index (χ1n) is 6.06. The van der Waals surface area contributed by atoms with Crippen molar-refractivity contribution in [1.29, 1.82) is 0 Å². The minimum Gasteiger partial charge on any atom is -0.310 e. The number of hydrogen-bond donors (Lipinski definition) is 1. The highest BCUT2D eigenvalue weighted by atomic mass is 15.2. The summed E-state index contributed by atoms with van der Waals surface area (Å²) in [4.78, 5) is 0. The summed E-state index contributed by atoms with van der Waals surface area (Å²) in [6.07, 6.45) is 6.72. The van der Waals surface area contributed by atoms with Crippen molar-refractivity contribution in [2.45, 2.75) is 25.8 Å². The van der Waals surface area contributed by atoms with Crippen LogP contribution in [0.3, 0.4) is 0 Å². The third-order valence-corrected chi connectivity index (χ3v) is 3.31. The molecule has 0 spiro atoms. The van der Waals surface area contributed by atoms with Crippen molar-refractivity contribution in [2.75, 3.05) is 6.54 Å². The maximum absolute atomic E-state index is 4.41. The molecule has 1 aliphatic rings. The number of pyridine rings is 1. The summed E-state index contributed by atoms with van der Waals surface area (Å²) in [6, 6.07) is 6.74. The molecule has 0 amide bonds. The number of aromatic nitrogens is 2. The minimum atomic E-state index is 0.491. The Bertz CT molecular complexity index is 485. The van der Waals surface area contributed by atoms with Crippen molar-refractivity contribution in [3.63, 3.8) is 0 Å². The highest BCUT2D eigenvalue weighted by Gasteiger charge is 2.33. The number of nitrogens with zero attached hydrogens (tertiary/aromatic N) is 2. The Balaban J connectivity index is 2.02. The van der Waals surface area contributed by atoms with Gasteiger partial charge in [-0.05, 0) is 37.4 Å². The van der Waals surface area contributed by atoms with Crippen LogP contribution in [0.2, 0.25) is 0 Å². The fraction of sp³-hybridized carbons (Fsp3) is 0.462. The van der Waals surface area contributed by atoms with Gasteiger partial charge in [0.1, 0.15) is 0 Å². The van der Waals surface area contributed by atoms with Gasteiger partial charge in [-0.3, -0.25) is 0 Å². The van der Waals surface area contributed by atoms with Crippen molar-refractivity contribution in [1.82, 2.24) is 14.9 Å². The molecule has 0 saturated heterocycles. The van der Waals surface area contributed by atoms with Crippen LogP contribution in [-0.4, -0.2) is 16.2 Å². The molecule has 0 aliphatic heterocycles. The van der Waals surface area contributed by atoms with Gasteiger partial charge in [-0.2, -0.15) is 5.10 Å². The van der Waals surface area contributed by atoms with E-state index in [-0.39, 0.29) is 0 Å². The summed E-state index contributed by atoms with van der Waals surface area (Å²) in [5, 5.41) is 7.99. The molecule has 3 rings (SSSR count). The van der Waals surface area contributed by atoms with E-state index in [1.54, 1.807) is 0 Å². The van der Waals surface area contributed by atoms with Gasteiger partial charge < -0.3 is 5.32 Å². The Kier molecular flexibility index (Phi) is 2.40. The predicted octanol–water partition coefficient (Wildman–Crippen LogP) is 2.39. The maximum atomic E-state index is 4.41. The predicted molar refractivity (Wildman–Crippen MR) is 64.3 cm³/mol. The Morgan fingerprint density at radius 2 is 2.38 bits per heavy atom. The quantitative estimate of drug-likeness (QED) is 0.848. The van der Waals surface area contributed by atoms with Crippen LogP contribution in [0.1, 0.15) is 31.4 Å². The molecule has 3 heteroatoms. The van der Waals surface area contributed by atoms with Crippen molar-refractivity contribution in [3.8, 4) is 0 Å². The zero-order valence-electron chi connectivity index (χ0n) is 9.56. The minimum absolute atomic E-state index is 0.491. The van der Waals surface area contributed by atoms with Gasteiger partial charge in [0, 0.05) is 17.8 Å². The molecule has 2 aromatic rings. The molecule has 1 atom stereocenters. The Morgan fingerprint density at radius 1 is 1.50 bits per heavy atom. The lowest BCUT2D eigenvalue weighted by Crippen LogP contribution is -2.22. The molecule has 0 radical (unpaired) electrons. The zero-order chi connectivity index (χ0) is 11.0. The molecule has 1 saturated carbocycles. The first-order chi connectivity index (χ1) is 7.90. The van der Waals surface area contributed by atoms with Crippen LogP contribution < -0.4 is 5.32 Å². The normalized spacial score (nSPS) is 17.8. The third kappa shape index (κ3) is 1.61. The third-order valence-electron chi connectivity index (χ3n) is 3.31. The molecule has 1 N–H and O–H groups in total. The first-order valence-corrected chi connectivity index (χ1v) is 6.06. The average molecular weight is 215 g/mol. The van der Waals surface area contributed by atoms with E-state index in [2.05, 4.69) is 29.5 Å². The summed E-state index contributed by atoms with van der Waals surface area (Å²) < 4.78 is 1.96. The van der Waals surface area contributed by atoms with Gasteiger partial charge in [0.15, 0.2) is 0 Å². The van der Waals surface area contributed by atoms with Crippen LogP contribution in [0.15, 0.2) is 30.6 Å². The molecule has 1 fully saturated rings. The van der Waals surface area contributed by atoms with Crippen LogP contribution in [0.25, 0.3) is 5.52 Å². The largest absolute Gasteiger partial charge is 0.310 e. The lowest BCUT2D eigenvalue weighted by atomic mass is 10.0. The highest BCUT2D eigenvalue weighted by molar-refractivity contribution is 5.55. The molecule has 0 aromatic carbocycles. The van der Waals surface area contributed by atoms with E-state index in [9.17, 15) is 0 Å². The molecule has 1 unspecified atom stereocenters. The molecular formula is C13H17N3. The summed E-state index contributed by atoms with van der Waals surface area (Å²) in [6.45, 7) is 3.19. The van der Waals surface area contributed by atoms with Gasteiger partial charge in [0.25, 0.3) is 0 Å². The second-order valence-electron chi connectivity index (χ2n) is 4.50. The van der Waals surface area contributed by atoms with E-state index in [1.165, 1.54) is 23.9 Å². The molecule has 3 nitrogen and oxygen atoms in total. The van der Waals surface area contributed by atoms with E-state index in [1.807, 2.05) is 23.0 Å². The number of hydrogen-bond acceptors (Lipinski definition) is 2. The van der Waals surface area contributed by atoms with Gasteiger partial charge >= 0.3 is 0 Å². The molecular weight excluding hydrogens is 198 g/mol. The molecule has 1 aliphatic carbocycles. The molecule has 0 bridgehead atoms. The fourth-order valence-electron chi connectivity index (χ4n) is 2.37. The maximum Gasteiger partial charge on any atom is 0.0709 e. The topological polar surface area (TPSA) is 29.3 Å². The molecule has 16 heavy (non-hydrogen) atoms. The van der Waals surface area contributed by atoms with E-state index in [0.717, 1.165) is 12.5 Å². The zero-order valence-corrected chi connectivity index (χ0v) is 9.56. The molecule has 2 aromatic heterocycles. The van der Waals surface area contributed by atoms with Crippen LogP contribution in [-0.2, 0) is 0 Å². The monoisotopic (exact) mass is 215 g/mol. The van der Waals surface area contributed by atoms with Crippen molar-refractivity contribution < 1.29 is 0 Å². The summed E-state index contributed by atoms with van der Waals surface area (Å²) in [5.74, 6) is 0.813. The Labute approximate surface area is 95.5 Å². The van der Waals surface area contributed by atoms with Gasteiger partial charge in [0.2, 0.25) is 0 Å². The number of rotatable bonds is 4. The highest BCUT2D eigenvalue weighted by Crippen LogP contribution is 2.41.